The van der Waals surface area contributed by atoms with Gasteiger partial charge in [-0.2, -0.15) is 15.2 Å². The predicted molar refractivity (Wildman–Crippen MR) is 169 cm³/mol. The Morgan fingerprint density at radius 2 is 2.00 bits per heavy atom. The molecule has 2 aromatic heterocycles. The van der Waals surface area contributed by atoms with E-state index in [2.05, 4.69) is 37.2 Å². The van der Waals surface area contributed by atoms with Gasteiger partial charge in [-0.15, -0.1) is 6.42 Å². The lowest BCUT2D eigenvalue weighted by Gasteiger charge is -2.30. The monoisotopic (exact) mass is 646 g/mol. The highest BCUT2D eigenvalue weighted by molar-refractivity contribution is 6.04. The number of nitriles is 1. The number of nitrogens with one attached hydrogen (secondary N) is 1. The second kappa shape index (κ2) is 13.1. The van der Waals surface area contributed by atoms with E-state index in [1.54, 1.807) is 13.0 Å². The zero-order chi connectivity index (χ0) is 33.3. The molecule has 0 saturated carbocycles. The topological polar surface area (TPSA) is 115 Å². The van der Waals surface area contributed by atoms with Crippen molar-refractivity contribution < 1.29 is 32.1 Å². The summed E-state index contributed by atoms with van der Waals surface area (Å²) >= 11 is 0. The Morgan fingerprint density at radius 3 is 2.74 bits per heavy atom. The van der Waals surface area contributed by atoms with E-state index in [4.69, 9.17) is 25.4 Å². The number of halogens is 3. The van der Waals surface area contributed by atoms with Gasteiger partial charge in [0.15, 0.2) is 12.6 Å². The molecule has 2 fully saturated rings. The Hall–Kier alpha value is -4.85. The van der Waals surface area contributed by atoms with E-state index in [-0.39, 0.29) is 70.8 Å². The SMILES string of the molecule is C#Cc1c(F)ccc2cc(OCOC)cc(-c3nc(OC)c4c(NCC(C)C#N)nc(OC[C@@]56CCCN5C[C@H](F)C6)nc4c3F)c12. The maximum Gasteiger partial charge on any atom is 0.319 e. The molecule has 244 valence electrons. The summed E-state index contributed by atoms with van der Waals surface area (Å²) in [4.78, 5) is 15.6. The number of ether oxygens (including phenoxy) is 4. The van der Waals surface area contributed by atoms with Crippen LogP contribution < -0.4 is 19.5 Å². The lowest BCUT2D eigenvalue weighted by Crippen LogP contribution is -2.43. The number of aromatic nitrogens is 3. The molecule has 2 aliphatic heterocycles. The predicted octanol–water partition coefficient (Wildman–Crippen LogP) is 5.62. The molecule has 0 amide bonds. The molecule has 10 nitrogen and oxygen atoms in total. The quantitative estimate of drug-likeness (QED) is 0.163. The molecule has 2 aromatic carbocycles. The Bertz CT molecular complexity index is 1930. The molecule has 1 unspecified atom stereocenters. The molecule has 47 heavy (non-hydrogen) atoms. The van der Waals surface area contributed by atoms with Gasteiger partial charge in [0, 0.05) is 37.6 Å². The van der Waals surface area contributed by atoms with Crippen molar-refractivity contribution in [2.24, 2.45) is 5.92 Å². The second-order valence-corrected chi connectivity index (χ2v) is 11.8. The minimum absolute atomic E-state index is 0.0401. The molecule has 2 aliphatic rings. The smallest absolute Gasteiger partial charge is 0.319 e. The first-order chi connectivity index (χ1) is 22.7. The lowest BCUT2D eigenvalue weighted by molar-refractivity contribution is 0.0512. The summed E-state index contributed by atoms with van der Waals surface area (Å²) in [5.41, 5.74) is -0.888. The van der Waals surface area contributed by atoms with Crippen LogP contribution >= 0.6 is 0 Å². The van der Waals surface area contributed by atoms with Gasteiger partial charge in [0.25, 0.3) is 0 Å². The van der Waals surface area contributed by atoms with E-state index in [1.165, 1.54) is 32.4 Å². The number of terminal acetylenes is 1. The van der Waals surface area contributed by atoms with Crippen molar-refractivity contribution in [2.75, 3.05) is 52.6 Å². The van der Waals surface area contributed by atoms with Crippen LogP contribution in [0.3, 0.4) is 0 Å². The van der Waals surface area contributed by atoms with E-state index in [1.807, 2.05) is 0 Å². The second-order valence-electron chi connectivity index (χ2n) is 11.8. The van der Waals surface area contributed by atoms with Crippen LogP contribution in [0.15, 0.2) is 24.3 Å². The fraction of sp³-hybridized carbons (Fsp3) is 0.412. The Morgan fingerprint density at radius 1 is 1.17 bits per heavy atom. The number of rotatable bonds is 11. The number of alkyl halides is 1. The third-order valence-corrected chi connectivity index (χ3v) is 8.74. The summed E-state index contributed by atoms with van der Waals surface area (Å²) < 4.78 is 68.9. The maximum atomic E-state index is 16.9. The minimum Gasteiger partial charge on any atom is -0.480 e. The van der Waals surface area contributed by atoms with Crippen LogP contribution in [0.5, 0.6) is 17.6 Å². The first-order valence-electron chi connectivity index (χ1n) is 15.2. The van der Waals surface area contributed by atoms with Crippen LogP contribution in [0.25, 0.3) is 32.9 Å². The standard InChI is InChI=1S/C34H33F3N6O4/c1-5-23-25(36)8-7-20-11-22(47-18-44-3)12-24(26(20)23)29-28(37)30-27(32(40-29)45-4)31(39-15-19(2)14-38)42-33(41-30)46-17-34-9-6-10-43(34)16-21(35)13-34/h1,7-8,11-12,19,21H,6,9-10,13,15-18H2,2-4H3,(H,39,41,42)/t19?,21-,34+/m1/s1. The van der Waals surface area contributed by atoms with E-state index >= 15 is 8.78 Å². The molecule has 1 N–H and O–H groups in total. The highest BCUT2D eigenvalue weighted by atomic mass is 19.1. The fourth-order valence-corrected chi connectivity index (χ4v) is 6.53. The summed E-state index contributed by atoms with van der Waals surface area (Å²) in [7, 11) is 2.82. The first kappa shape index (κ1) is 32.1. The summed E-state index contributed by atoms with van der Waals surface area (Å²) in [5.74, 6) is 0.799. The lowest BCUT2D eigenvalue weighted by atomic mass is 9.95. The van der Waals surface area contributed by atoms with Crippen LogP contribution in [0.4, 0.5) is 19.0 Å². The van der Waals surface area contributed by atoms with Crippen LogP contribution in [0.2, 0.25) is 0 Å². The molecule has 0 aliphatic carbocycles. The van der Waals surface area contributed by atoms with Gasteiger partial charge in [-0.1, -0.05) is 12.0 Å². The van der Waals surface area contributed by atoms with Crippen molar-refractivity contribution in [1.82, 2.24) is 19.9 Å². The van der Waals surface area contributed by atoms with Gasteiger partial charge in [0.1, 0.15) is 46.8 Å². The number of hydrogen-bond acceptors (Lipinski definition) is 10. The average Bonchev–Trinajstić information content (AvgIpc) is 3.60. The van der Waals surface area contributed by atoms with Gasteiger partial charge >= 0.3 is 6.01 Å². The molecule has 0 radical (unpaired) electrons. The third kappa shape index (κ3) is 5.93. The highest BCUT2D eigenvalue weighted by Gasteiger charge is 2.49. The molecule has 0 spiro atoms. The number of nitrogens with zero attached hydrogens (tertiary/aromatic N) is 5. The average molecular weight is 647 g/mol. The number of hydrogen-bond donors (Lipinski definition) is 1. The minimum atomic E-state index is -0.965. The molecule has 0 bridgehead atoms. The van der Waals surface area contributed by atoms with Gasteiger partial charge in [-0.3, -0.25) is 4.90 Å². The van der Waals surface area contributed by atoms with Crippen LogP contribution in [0, 0.1) is 41.2 Å². The summed E-state index contributed by atoms with van der Waals surface area (Å²) in [6, 6.07) is 7.86. The van der Waals surface area contributed by atoms with Crippen LogP contribution in [-0.2, 0) is 4.74 Å². The van der Waals surface area contributed by atoms with E-state index in [9.17, 15) is 9.65 Å². The van der Waals surface area contributed by atoms with Crippen molar-refractivity contribution >= 4 is 27.5 Å². The van der Waals surface area contributed by atoms with Crippen LogP contribution in [0.1, 0.15) is 31.7 Å². The van der Waals surface area contributed by atoms with Gasteiger partial charge in [-0.05, 0) is 49.9 Å². The molecule has 4 aromatic rings. The number of pyridine rings is 1. The fourth-order valence-electron chi connectivity index (χ4n) is 6.53. The van der Waals surface area contributed by atoms with Crippen molar-refractivity contribution in [3.63, 3.8) is 0 Å². The number of anilines is 1. The summed E-state index contributed by atoms with van der Waals surface area (Å²) in [6.45, 7) is 3.00. The van der Waals surface area contributed by atoms with Crippen molar-refractivity contribution in [2.45, 2.75) is 37.9 Å². The van der Waals surface area contributed by atoms with Crippen molar-refractivity contribution in [3.8, 4) is 47.3 Å². The van der Waals surface area contributed by atoms with Crippen LogP contribution in [-0.4, -0.2) is 78.8 Å². The summed E-state index contributed by atoms with van der Waals surface area (Å²) in [5, 5.41) is 13.3. The zero-order valence-electron chi connectivity index (χ0n) is 26.2. The largest absolute Gasteiger partial charge is 0.480 e. The molecular weight excluding hydrogens is 613 g/mol. The maximum absolute atomic E-state index is 16.9. The van der Waals surface area contributed by atoms with Crippen molar-refractivity contribution in [1.29, 1.82) is 5.26 Å². The number of methoxy groups -OCH3 is 2. The molecular formula is C34H33F3N6O4. The number of fused-ring (bicyclic) bond motifs is 3. The van der Waals surface area contributed by atoms with Gasteiger partial charge in [0.2, 0.25) is 5.88 Å². The van der Waals surface area contributed by atoms with Crippen molar-refractivity contribution in [3.05, 3.63) is 41.5 Å². The number of benzene rings is 2. The Kier molecular flexibility index (Phi) is 8.95. The third-order valence-electron chi connectivity index (χ3n) is 8.74. The van der Waals surface area contributed by atoms with Gasteiger partial charge in [0.05, 0.1) is 30.2 Å². The normalized spacial score (nSPS) is 19.7. The summed E-state index contributed by atoms with van der Waals surface area (Å²) in [6.07, 6.45) is 6.76. The van der Waals surface area contributed by atoms with Gasteiger partial charge < -0.3 is 24.3 Å². The zero-order valence-corrected chi connectivity index (χ0v) is 26.2. The Balaban J connectivity index is 1.55. The molecule has 3 atom stereocenters. The van der Waals surface area contributed by atoms with E-state index in [0.717, 1.165) is 19.4 Å². The van der Waals surface area contributed by atoms with E-state index < -0.39 is 29.3 Å². The molecule has 13 heteroatoms. The van der Waals surface area contributed by atoms with Gasteiger partial charge in [-0.25, -0.2) is 18.2 Å². The van der Waals surface area contributed by atoms with E-state index in [0.29, 0.717) is 24.1 Å². The Labute approximate surface area is 269 Å². The highest BCUT2D eigenvalue weighted by Crippen LogP contribution is 2.43. The molecule has 2 saturated heterocycles. The first-order valence-corrected chi connectivity index (χ1v) is 15.2. The molecule has 6 rings (SSSR count). The molecule has 4 heterocycles.